The number of aryl methyl sites for hydroxylation is 1. The average Bonchev–Trinajstić information content (AvgIpc) is 2.77. The van der Waals surface area contributed by atoms with Crippen LogP contribution in [0.5, 0.6) is 0 Å². The molecule has 118 valence electrons. The predicted molar refractivity (Wildman–Crippen MR) is 77.1 cm³/mol. The molecule has 6 nitrogen and oxygen atoms in total. The smallest absolute Gasteiger partial charge is 0.341 e. The van der Waals surface area contributed by atoms with Crippen LogP contribution in [0.3, 0.4) is 0 Å². The fourth-order valence-corrected chi connectivity index (χ4v) is 2.15. The quantitative estimate of drug-likeness (QED) is 0.715. The van der Waals surface area contributed by atoms with Gasteiger partial charge in [-0.15, -0.1) is 0 Å². The Labute approximate surface area is 124 Å². The van der Waals surface area contributed by atoms with Crippen LogP contribution >= 0.6 is 0 Å². The summed E-state index contributed by atoms with van der Waals surface area (Å²) in [5, 5.41) is 12.2. The Hall–Kier alpha value is -1.82. The maximum atomic E-state index is 11.5. The average molecular weight is 297 g/mol. The van der Waals surface area contributed by atoms with Gasteiger partial charge in [-0.3, -0.25) is 4.79 Å². The number of nitrogens with one attached hydrogen (secondary N) is 1. The van der Waals surface area contributed by atoms with Crippen molar-refractivity contribution in [3.05, 3.63) is 23.2 Å². The van der Waals surface area contributed by atoms with E-state index < -0.39 is 17.9 Å². The molecule has 1 rings (SSSR count). The summed E-state index contributed by atoms with van der Waals surface area (Å²) in [4.78, 5) is 22.6. The summed E-state index contributed by atoms with van der Waals surface area (Å²) in [6.07, 6.45) is 0.618. The van der Waals surface area contributed by atoms with Crippen molar-refractivity contribution < 1.29 is 23.8 Å². The second-order valence-electron chi connectivity index (χ2n) is 5.47. The van der Waals surface area contributed by atoms with E-state index in [1.807, 2.05) is 13.8 Å². The second-order valence-corrected chi connectivity index (χ2v) is 5.47. The summed E-state index contributed by atoms with van der Waals surface area (Å²) < 4.78 is 10.1. The molecule has 0 aliphatic heterocycles. The zero-order chi connectivity index (χ0) is 16.0. The van der Waals surface area contributed by atoms with Gasteiger partial charge < -0.3 is 19.6 Å². The summed E-state index contributed by atoms with van der Waals surface area (Å²) in [7, 11) is 1.32. The molecule has 21 heavy (non-hydrogen) atoms. The first kappa shape index (κ1) is 17.2. The fraction of sp³-hybridized carbons (Fsp3) is 0.600. The molecule has 0 amide bonds. The molecule has 0 aliphatic carbocycles. The number of furan rings is 1. The van der Waals surface area contributed by atoms with Gasteiger partial charge in [0, 0.05) is 6.54 Å². The van der Waals surface area contributed by atoms with Crippen LogP contribution in [0, 0.1) is 18.8 Å². The molecule has 0 saturated heterocycles. The van der Waals surface area contributed by atoms with Crippen LogP contribution in [-0.2, 0) is 16.1 Å². The minimum Gasteiger partial charge on any atom is -0.481 e. The number of rotatable bonds is 8. The van der Waals surface area contributed by atoms with Crippen molar-refractivity contribution in [2.75, 3.05) is 13.7 Å². The molecule has 0 aliphatic rings. The summed E-state index contributed by atoms with van der Waals surface area (Å²) in [5.41, 5.74) is 0.395. The highest BCUT2D eigenvalue weighted by Gasteiger charge is 2.19. The number of carboxylic acids is 1. The van der Waals surface area contributed by atoms with Crippen molar-refractivity contribution in [2.45, 2.75) is 33.7 Å². The highest BCUT2D eigenvalue weighted by molar-refractivity contribution is 5.90. The molecule has 0 bridgehead atoms. The predicted octanol–water partition coefficient (Wildman–Crippen LogP) is 2.21. The molecule has 0 spiro atoms. The third-order valence-corrected chi connectivity index (χ3v) is 3.17. The van der Waals surface area contributed by atoms with Crippen molar-refractivity contribution >= 4 is 11.9 Å². The minimum atomic E-state index is -0.804. The van der Waals surface area contributed by atoms with Crippen LogP contribution in [0.2, 0.25) is 0 Å². The van der Waals surface area contributed by atoms with Crippen LogP contribution in [-0.4, -0.2) is 30.7 Å². The van der Waals surface area contributed by atoms with E-state index in [9.17, 15) is 9.59 Å². The van der Waals surface area contributed by atoms with Gasteiger partial charge in [-0.1, -0.05) is 13.8 Å². The normalized spacial score (nSPS) is 12.4. The molecule has 2 N–H and O–H groups in total. The van der Waals surface area contributed by atoms with E-state index in [0.717, 1.165) is 0 Å². The molecule has 1 aromatic heterocycles. The molecule has 6 heteroatoms. The van der Waals surface area contributed by atoms with Crippen LogP contribution in [0.25, 0.3) is 0 Å². The number of aliphatic carboxylic acids is 1. The number of carboxylic acid groups (broad SMARTS) is 1. The fourth-order valence-electron chi connectivity index (χ4n) is 2.15. The summed E-state index contributed by atoms with van der Waals surface area (Å²) in [6.45, 7) is 6.41. The Morgan fingerprint density at radius 3 is 2.62 bits per heavy atom. The van der Waals surface area contributed by atoms with Crippen molar-refractivity contribution in [1.82, 2.24) is 5.32 Å². The van der Waals surface area contributed by atoms with Gasteiger partial charge in [0.15, 0.2) is 0 Å². The van der Waals surface area contributed by atoms with Crippen LogP contribution in [0.4, 0.5) is 0 Å². The topological polar surface area (TPSA) is 88.8 Å². The number of hydrogen-bond acceptors (Lipinski definition) is 5. The Bertz CT molecular complexity index is 492. The third-order valence-electron chi connectivity index (χ3n) is 3.17. The lowest BCUT2D eigenvalue weighted by atomic mass is 9.97. The van der Waals surface area contributed by atoms with Crippen LogP contribution in [0.15, 0.2) is 10.5 Å². The van der Waals surface area contributed by atoms with E-state index >= 15 is 0 Å². The lowest BCUT2D eigenvalue weighted by molar-refractivity contribution is -0.142. The van der Waals surface area contributed by atoms with Gasteiger partial charge in [0.2, 0.25) is 0 Å². The number of methoxy groups -OCH3 is 1. The van der Waals surface area contributed by atoms with E-state index in [4.69, 9.17) is 9.52 Å². The highest BCUT2D eigenvalue weighted by Crippen LogP contribution is 2.16. The van der Waals surface area contributed by atoms with E-state index in [-0.39, 0.29) is 0 Å². The van der Waals surface area contributed by atoms with Gasteiger partial charge in [0.25, 0.3) is 0 Å². The molecular formula is C15H23NO5. The second kappa shape index (κ2) is 7.83. The summed E-state index contributed by atoms with van der Waals surface area (Å²) in [5.74, 6) is -0.268. The molecule has 1 aromatic rings. The number of carbonyl (C=O) groups is 2. The molecule has 0 aromatic carbocycles. The van der Waals surface area contributed by atoms with Gasteiger partial charge in [-0.05, 0) is 25.3 Å². The first-order valence-electron chi connectivity index (χ1n) is 6.96. The minimum absolute atomic E-state index is 0.324. The Kier molecular flexibility index (Phi) is 6.42. The first-order chi connectivity index (χ1) is 9.85. The molecule has 0 radical (unpaired) electrons. The lowest BCUT2D eigenvalue weighted by Gasteiger charge is -2.14. The SMILES string of the molecule is COC(=O)c1cc(CNCC(CC(C)C)C(=O)O)oc1C. The van der Waals surface area contributed by atoms with Crippen molar-refractivity contribution in [2.24, 2.45) is 11.8 Å². The zero-order valence-electron chi connectivity index (χ0n) is 12.9. The Morgan fingerprint density at radius 1 is 1.43 bits per heavy atom. The van der Waals surface area contributed by atoms with E-state index in [1.165, 1.54) is 7.11 Å². The number of hydrogen-bond donors (Lipinski definition) is 2. The molecule has 1 unspecified atom stereocenters. The maximum absolute atomic E-state index is 11.5. The highest BCUT2D eigenvalue weighted by atomic mass is 16.5. The van der Waals surface area contributed by atoms with Crippen molar-refractivity contribution in [1.29, 1.82) is 0 Å². The molecule has 1 heterocycles. The van der Waals surface area contributed by atoms with Gasteiger partial charge in [0.1, 0.15) is 17.1 Å². The van der Waals surface area contributed by atoms with Crippen molar-refractivity contribution in [3.63, 3.8) is 0 Å². The monoisotopic (exact) mass is 297 g/mol. The largest absolute Gasteiger partial charge is 0.481 e. The standard InChI is InChI=1S/C15H23NO5/c1-9(2)5-11(14(17)18)7-16-8-12-6-13(10(3)21-12)15(19)20-4/h6,9,11,16H,5,7-8H2,1-4H3,(H,17,18). The maximum Gasteiger partial charge on any atom is 0.341 e. The molecule has 1 atom stereocenters. The van der Waals surface area contributed by atoms with Gasteiger partial charge >= 0.3 is 11.9 Å². The number of esters is 1. The molecule has 0 saturated carbocycles. The summed E-state index contributed by atoms with van der Waals surface area (Å²) >= 11 is 0. The Morgan fingerprint density at radius 2 is 2.10 bits per heavy atom. The zero-order valence-corrected chi connectivity index (χ0v) is 12.9. The van der Waals surface area contributed by atoms with E-state index in [0.29, 0.717) is 42.5 Å². The van der Waals surface area contributed by atoms with Gasteiger partial charge in [-0.25, -0.2) is 4.79 Å². The van der Waals surface area contributed by atoms with Gasteiger partial charge in [0.05, 0.1) is 19.6 Å². The first-order valence-corrected chi connectivity index (χ1v) is 6.96. The number of ether oxygens (including phenoxy) is 1. The Balaban J connectivity index is 2.55. The molecule has 0 fully saturated rings. The number of carbonyl (C=O) groups excluding carboxylic acids is 1. The van der Waals surface area contributed by atoms with E-state index in [2.05, 4.69) is 10.1 Å². The van der Waals surface area contributed by atoms with Crippen LogP contribution < -0.4 is 5.32 Å². The van der Waals surface area contributed by atoms with Gasteiger partial charge in [-0.2, -0.15) is 0 Å². The third kappa shape index (κ3) is 5.23. The van der Waals surface area contributed by atoms with E-state index in [1.54, 1.807) is 13.0 Å². The summed E-state index contributed by atoms with van der Waals surface area (Å²) in [6, 6.07) is 1.62. The van der Waals surface area contributed by atoms with Crippen molar-refractivity contribution in [3.8, 4) is 0 Å². The van der Waals surface area contributed by atoms with Crippen LogP contribution in [0.1, 0.15) is 42.1 Å². The lowest BCUT2D eigenvalue weighted by Crippen LogP contribution is -2.29. The molecular weight excluding hydrogens is 274 g/mol.